The van der Waals surface area contributed by atoms with E-state index in [2.05, 4.69) is 17.6 Å². The van der Waals surface area contributed by atoms with Gasteiger partial charge >= 0.3 is 6.03 Å². The lowest BCUT2D eigenvalue weighted by atomic mass is 10.2. The second-order valence-electron chi connectivity index (χ2n) is 3.32. The molecular weight excluding hydrogens is 180 g/mol. The van der Waals surface area contributed by atoms with Crippen LogP contribution in [-0.4, -0.2) is 30.8 Å². The number of hydrogen-bond donors (Lipinski definition) is 3. The zero-order valence-electron chi connectivity index (χ0n) is 9.01. The van der Waals surface area contributed by atoms with E-state index in [0.29, 0.717) is 13.0 Å². The monoisotopic (exact) mass is 202 g/mol. The Labute approximate surface area is 86.1 Å². The highest BCUT2D eigenvalue weighted by Crippen LogP contribution is 1.96. The van der Waals surface area contributed by atoms with Gasteiger partial charge in [-0.25, -0.2) is 4.79 Å². The number of unbranched alkanes of at least 4 members (excludes halogenated alkanes) is 3. The van der Waals surface area contributed by atoms with E-state index in [-0.39, 0.29) is 12.6 Å². The van der Waals surface area contributed by atoms with Gasteiger partial charge in [-0.3, -0.25) is 0 Å². The molecule has 0 fully saturated rings. The maximum Gasteiger partial charge on any atom is 0.314 e. The topological polar surface area (TPSA) is 61.4 Å². The minimum absolute atomic E-state index is 0.122. The molecule has 0 aliphatic carbocycles. The van der Waals surface area contributed by atoms with Crippen molar-refractivity contribution in [3.8, 4) is 0 Å². The minimum Gasteiger partial charge on any atom is -0.396 e. The Morgan fingerprint density at radius 3 is 2.29 bits per heavy atom. The maximum absolute atomic E-state index is 11.0. The summed E-state index contributed by atoms with van der Waals surface area (Å²) in [7, 11) is 0. The minimum atomic E-state index is -0.130. The van der Waals surface area contributed by atoms with Gasteiger partial charge in [0, 0.05) is 19.7 Å². The van der Waals surface area contributed by atoms with Crippen LogP contribution in [0.15, 0.2) is 0 Å². The lowest BCUT2D eigenvalue weighted by Crippen LogP contribution is -2.36. The van der Waals surface area contributed by atoms with Gasteiger partial charge in [-0.2, -0.15) is 0 Å². The summed E-state index contributed by atoms with van der Waals surface area (Å²) in [5, 5.41) is 13.9. The van der Waals surface area contributed by atoms with Gasteiger partial charge in [0.25, 0.3) is 0 Å². The average Bonchev–Trinajstić information content (AvgIpc) is 2.18. The lowest BCUT2D eigenvalue weighted by Gasteiger charge is -2.06. The fraction of sp³-hybridized carbons (Fsp3) is 0.900. The van der Waals surface area contributed by atoms with Gasteiger partial charge in [0.05, 0.1) is 0 Å². The predicted octanol–water partition coefficient (Wildman–Crippen LogP) is 1.25. The zero-order valence-corrected chi connectivity index (χ0v) is 9.01. The van der Waals surface area contributed by atoms with Gasteiger partial charge in [-0.05, 0) is 12.8 Å². The van der Waals surface area contributed by atoms with Crippen molar-refractivity contribution in [1.29, 1.82) is 0 Å². The van der Waals surface area contributed by atoms with E-state index in [1.165, 1.54) is 19.3 Å². The molecule has 0 atom stereocenters. The Balaban J connectivity index is 3.10. The molecule has 0 saturated heterocycles. The van der Waals surface area contributed by atoms with Crippen LogP contribution in [0.1, 0.15) is 39.0 Å². The van der Waals surface area contributed by atoms with Crippen molar-refractivity contribution < 1.29 is 9.90 Å². The molecule has 0 radical (unpaired) electrons. The van der Waals surface area contributed by atoms with Crippen molar-refractivity contribution in [1.82, 2.24) is 10.6 Å². The number of urea groups is 1. The van der Waals surface area contributed by atoms with Crippen LogP contribution in [0.2, 0.25) is 0 Å². The predicted molar refractivity (Wildman–Crippen MR) is 57.2 cm³/mol. The van der Waals surface area contributed by atoms with Crippen LogP contribution < -0.4 is 10.6 Å². The smallest absolute Gasteiger partial charge is 0.314 e. The number of carbonyl (C=O) groups excluding carboxylic acids is 1. The normalized spacial score (nSPS) is 9.86. The summed E-state index contributed by atoms with van der Waals surface area (Å²) in [6, 6.07) is -0.130. The van der Waals surface area contributed by atoms with E-state index in [0.717, 1.165) is 13.0 Å². The van der Waals surface area contributed by atoms with Crippen molar-refractivity contribution in [2.75, 3.05) is 19.7 Å². The van der Waals surface area contributed by atoms with E-state index in [4.69, 9.17) is 5.11 Å². The number of rotatable bonds is 8. The molecule has 0 aliphatic rings. The fourth-order valence-electron chi connectivity index (χ4n) is 1.10. The van der Waals surface area contributed by atoms with Crippen LogP contribution in [0.4, 0.5) is 4.79 Å². The summed E-state index contributed by atoms with van der Waals surface area (Å²) in [5.74, 6) is 0. The van der Waals surface area contributed by atoms with E-state index < -0.39 is 0 Å². The summed E-state index contributed by atoms with van der Waals surface area (Å²) >= 11 is 0. The highest BCUT2D eigenvalue weighted by molar-refractivity contribution is 5.73. The molecule has 3 N–H and O–H groups in total. The lowest BCUT2D eigenvalue weighted by molar-refractivity contribution is 0.238. The molecule has 0 aromatic heterocycles. The summed E-state index contributed by atoms with van der Waals surface area (Å²) < 4.78 is 0. The molecule has 0 saturated carbocycles. The first kappa shape index (κ1) is 13.2. The summed E-state index contributed by atoms with van der Waals surface area (Å²) in [6.45, 7) is 3.56. The molecule has 0 aromatic rings. The third kappa shape index (κ3) is 9.32. The third-order valence-electron chi connectivity index (χ3n) is 1.94. The molecule has 14 heavy (non-hydrogen) atoms. The van der Waals surface area contributed by atoms with Crippen LogP contribution in [0, 0.1) is 0 Å². The quantitative estimate of drug-likeness (QED) is 0.519. The zero-order chi connectivity index (χ0) is 10.6. The van der Waals surface area contributed by atoms with E-state index in [1.54, 1.807) is 0 Å². The van der Waals surface area contributed by atoms with Crippen molar-refractivity contribution in [2.45, 2.75) is 39.0 Å². The van der Waals surface area contributed by atoms with Crippen molar-refractivity contribution in [2.24, 2.45) is 0 Å². The Bertz CT molecular complexity index is 140. The summed E-state index contributed by atoms with van der Waals surface area (Å²) in [4.78, 5) is 11.0. The molecule has 0 aromatic carbocycles. The van der Waals surface area contributed by atoms with E-state index in [1.807, 2.05) is 0 Å². The number of hydrogen-bond acceptors (Lipinski definition) is 2. The molecule has 2 amide bonds. The van der Waals surface area contributed by atoms with Crippen LogP contribution in [0.5, 0.6) is 0 Å². The molecule has 0 bridgehead atoms. The van der Waals surface area contributed by atoms with Gasteiger partial charge in [0.15, 0.2) is 0 Å². The largest absolute Gasteiger partial charge is 0.396 e. The molecule has 0 rings (SSSR count). The third-order valence-corrected chi connectivity index (χ3v) is 1.94. The molecule has 4 nitrogen and oxygen atoms in total. The molecule has 0 unspecified atom stereocenters. The van der Waals surface area contributed by atoms with Crippen molar-refractivity contribution in [3.05, 3.63) is 0 Å². The Kier molecular flexibility index (Phi) is 9.74. The van der Waals surface area contributed by atoms with Gasteiger partial charge in [-0.15, -0.1) is 0 Å². The standard InChI is InChI=1S/C10H22N2O2/c1-2-3-4-5-7-11-10(14)12-8-6-9-13/h13H,2-9H2,1H3,(H2,11,12,14). The Hall–Kier alpha value is -0.770. The molecule has 0 aliphatic heterocycles. The fourth-order valence-corrected chi connectivity index (χ4v) is 1.10. The van der Waals surface area contributed by atoms with Crippen LogP contribution >= 0.6 is 0 Å². The van der Waals surface area contributed by atoms with Gasteiger partial charge in [0.1, 0.15) is 0 Å². The summed E-state index contributed by atoms with van der Waals surface area (Å²) in [5.41, 5.74) is 0. The van der Waals surface area contributed by atoms with Crippen LogP contribution in [0.25, 0.3) is 0 Å². The highest BCUT2D eigenvalue weighted by Gasteiger charge is 1.96. The first-order valence-corrected chi connectivity index (χ1v) is 5.43. The Morgan fingerprint density at radius 2 is 1.71 bits per heavy atom. The highest BCUT2D eigenvalue weighted by atomic mass is 16.3. The van der Waals surface area contributed by atoms with Crippen molar-refractivity contribution in [3.63, 3.8) is 0 Å². The SMILES string of the molecule is CCCCCCNC(=O)NCCCO. The number of amides is 2. The molecule has 4 heteroatoms. The van der Waals surface area contributed by atoms with E-state index in [9.17, 15) is 4.79 Å². The van der Waals surface area contributed by atoms with Gasteiger partial charge in [0.2, 0.25) is 0 Å². The van der Waals surface area contributed by atoms with E-state index >= 15 is 0 Å². The number of aliphatic hydroxyl groups excluding tert-OH is 1. The molecule has 0 spiro atoms. The van der Waals surface area contributed by atoms with Crippen LogP contribution in [-0.2, 0) is 0 Å². The average molecular weight is 202 g/mol. The molecular formula is C10H22N2O2. The van der Waals surface area contributed by atoms with Crippen LogP contribution in [0.3, 0.4) is 0 Å². The number of aliphatic hydroxyl groups is 1. The first-order valence-electron chi connectivity index (χ1n) is 5.43. The second kappa shape index (κ2) is 10.3. The maximum atomic E-state index is 11.0. The number of nitrogens with one attached hydrogen (secondary N) is 2. The second-order valence-corrected chi connectivity index (χ2v) is 3.32. The molecule has 84 valence electrons. The number of carbonyl (C=O) groups is 1. The summed E-state index contributed by atoms with van der Waals surface area (Å²) in [6.07, 6.45) is 5.27. The van der Waals surface area contributed by atoms with Crippen molar-refractivity contribution >= 4 is 6.03 Å². The first-order chi connectivity index (χ1) is 6.81. The Morgan fingerprint density at radius 1 is 1.07 bits per heavy atom. The molecule has 0 heterocycles. The van der Waals surface area contributed by atoms with Gasteiger partial charge in [-0.1, -0.05) is 26.2 Å². The van der Waals surface area contributed by atoms with Gasteiger partial charge < -0.3 is 15.7 Å².